The summed E-state index contributed by atoms with van der Waals surface area (Å²) in [7, 11) is 2.90. The second kappa shape index (κ2) is 10.5. The van der Waals surface area contributed by atoms with Gasteiger partial charge in [0, 0.05) is 11.8 Å². The number of hydrogen-bond acceptors (Lipinski definition) is 12. The van der Waals surface area contributed by atoms with Crippen LogP contribution >= 0.6 is 0 Å². The van der Waals surface area contributed by atoms with Crippen LogP contribution in [0.5, 0.6) is 28.7 Å². The average molecular weight is 587 g/mol. The van der Waals surface area contributed by atoms with E-state index in [9.17, 15) is 20.1 Å². The van der Waals surface area contributed by atoms with Crippen LogP contribution in [-0.2, 0) is 23.7 Å². The van der Waals surface area contributed by atoms with E-state index in [-0.39, 0.29) is 55.1 Å². The number of cyclic esters (lactones) is 1. The molecule has 10 atom stereocenters. The predicted octanol–water partition coefficient (Wildman–Crippen LogP) is 1.80. The lowest BCUT2D eigenvalue weighted by Gasteiger charge is -2.48. The fraction of sp³-hybridized carbons (Fsp3) is 0.567. The standard InChI is InChI=1S/C30H34O12/c1-12-37-10-23-29(41-12)28(33)27(32)22(42-23)7-15-14-6-18-19(40-11-39-18)8-16(14)24(25-17(15)9-38-30(25)34)13-4-20(35-2)26(31)21(5-13)36-3/h4-6,8,12,15,17,22-25,27-29,31-33H,7,9-11H2,1-3H3/t12-,15-,17?,22+,23-,24-,25?,27+,28-,29-/m1/s1. The molecule has 2 aromatic carbocycles. The first-order valence-electron chi connectivity index (χ1n) is 14.1. The van der Waals surface area contributed by atoms with Crippen LogP contribution < -0.4 is 18.9 Å². The Hall–Kier alpha value is -3.29. The summed E-state index contributed by atoms with van der Waals surface area (Å²) in [6.07, 6.45) is -4.61. The number of hydrogen-bond donors (Lipinski definition) is 3. The van der Waals surface area contributed by atoms with Gasteiger partial charge >= 0.3 is 5.97 Å². The molecule has 5 aliphatic rings. The molecule has 7 rings (SSSR count). The molecule has 4 aliphatic heterocycles. The zero-order valence-corrected chi connectivity index (χ0v) is 23.4. The second-order valence-electron chi connectivity index (χ2n) is 11.4. The summed E-state index contributed by atoms with van der Waals surface area (Å²) in [5, 5.41) is 32.7. The van der Waals surface area contributed by atoms with Gasteiger partial charge in [-0.05, 0) is 60.2 Å². The second-order valence-corrected chi connectivity index (χ2v) is 11.4. The minimum Gasteiger partial charge on any atom is -0.502 e. The lowest BCUT2D eigenvalue weighted by Crippen LogP contribution is -2.62. The first-order chi connectivity index (χ1) is 20.3. The number of carbonyl (C=O) groups is 1. The number of phenols is 1. The number of methoxy groups -OCH3 is 2. The maximum Gasteiger partial charge on any atom is 0.310 e. The van der Waals surface area contributed by atoms with Crippen molar-refractivity contribution in [1.29, 1.82) is 0 Å². The summed E-state index contributed by atoms with van der Waals surface area (Å²) in [5.41, 5.74) is 2.42. The number of phenolic OH excluding ortho intramolecular Hbond substituents is 1. The smallest absolute Gasteiger partial charge is 0.310 e. The van der Waals surface area contributed by atoms with Crippen molar-refractivity contribution in [3.63, 3.8) is 0 Å². The quantitative estimate of drug-likeness (QED) is 0.438. The van der Waals surface area contributed by atoms with Crippen LogP contribution in [0.1, 0.15) is 41.9 Å². The van der Waals surface area contributed by atoms with Gasteiger partial charge in [-0.25, -0.2) is 0 Å². The molecular weight excluding hydrogens is 552 g/mol. The van der Waals surface area contributed by atoms with Crippen molar-refractivity contribution in [3.05, 3.63) is 41.0 Å². The largest absolute Gasteiger partial charge is 0.502 e. The molecule has 0 amide bonds. The number of carbonyl (C=O) groups excluding carboxylic acids is 1. The summed E-state index contributed by atoms with van der Waals surface area (Å²) < 4.78 is 45.6. The molecule has 42 heavy (non-hydrogen) atoms. The van der Waals surface area contributed by atoms with Crippen molar-refractivity contribution < 1.29 is 58.0 Å². The van der Waals surface area contributed by atoms with Gasteiger partial charge in [0.2, 0.25) is 12.5 Å². The number of ether oxygens (including phenoxy) is 8. The average Bonchev–Trinajstić information content (AvgIpc) is 3.61. The highest BCUT2D eigenvalue weighted by atomic mass is 16.7. The molecule has 3 saturated heterocycles. The highest BCUT2D eigenvalue weighted by Crippen LogP contribution is 2.57. The first kappa shape index (κ1) is 27.5. The molecule has 3 fully saturated rings. The number of esters is 1. The normalized spacial score (nSPS) is 36.5. The number of aromatic hydroxyl groups is 1. The summed E-state index contributed by atoms with van der Waals surface area (Å²) in [4.78, 5) is 13.4. The molecule has 0 aromatic heterocycles. The Labute approximate surface area is 241 Å². The van der Waals surface area contributed by atoms with Gasteiger partial charge in [0.05, 0.1) is 39.5 Å². The third kappa shape index (κ3) is 4.27. The molecule has 0 saturated carbocycles. The molecular formula is C30H34O12. The Morgan fingerprint density at radius 1 is 0.905 bits per heavy atom. The number of benzene rings is 2. The van der Waals surface area contributed by atoms with Gasteiger partial charge in [-0.3, -0.25) is 4.79 Å². The maximum atomic E-state index is 13.4. The van der Waals surface area contributed by atoms with E-state index >= 15 is 0 Å². The van der Waals surface area contributed by atoms with Crippen LogP contribution in [0.2, 0.25) is 0 Å². The molecule has 0 spiro atoms. The third-order valence-electron chi connectivity index (χ3n) is 9.32. The van der Waals surface area contributed by atoms with E-state index in [0.717, 1.165) is 11.1 Å². The van der Waals surface area contributed by atoms with Gasteiger partial charge in [-0.2, -0.15) is 0 Å². The van der Waals surface area contributed by atoms with E-state index in [4.69, 9.17) is 37.9 Å². The van der Waals surface area contributed by atoms with Gasteiger partial charge < -0.3 is 53.2 Å². The third-order valence-corrected chi connectivity index (χ3v) is 9.32. The molecule has 4 heterocycles. The molecule has 12 nitrogen and oxygen atoms in total. The predicted molar refractivity (Wildman–Crippen MR) is 142 cm³/mol. The van der Waals surface area contributed by atoms with E-state index < -0.39 is 48.6 Å². The van der Waals surface area contributed by atoms with Crippen LogP contribution in [-0.4, -0.2) is 92.3 Å². The van der Waals surface area contributed by atoms with Crippen LogP contribution in [0.25, 0.3) is 0 Å². The monoisotopic (exact) mass is 586 g/mol. The number of aliphatic hydroxyl groups excluding tert-OH is 2. The molecule has 0 radical (unpaired) electrons. The van der Waals surface area contributed by atoms with Crippen molar-refractivity contribution in [2.45, 2.75) is 62.0 Å². The van der Waals surface area contributed by atoms with Crippen LogP contribution in [0.15, 0.2) is 24.3 Å². The lowest BCUT2D eigenvalue weighted by molar-refractivity contribution is -0.321. The first-order valence-corrected chi connectivity index (χ1v) is 14.1. The van der Waals surface area contributed by atoms with Crippen molar-refractivity contribution in [2.24, 2.45) is 11.8 Å². The van der Waals surface area contributed by atoms with Crippen LogP contribution in [0, 0.1) is 11.8 Å². The van der Waals surface area contributed by atoms with Gasteiger partial charge in [-0.15, -0.1) is 0 Å². The Morgan fingerprint density at radius 2 is 1.60 bits per heavy atom. The van der Waals surface area contributed by atoms with Gasteiger partial charge in [0.15, 0.2) is 29.3 Å². The van der Waals surface area contributed by atoms with Crippen LogP contribution in [0.3, 0.4) is 0 Å². The minimum atomic E-state index is -1.21. The molecule has 226 valence electrons. The minimum absolute atomic E-state index is 0.0709. The zero-order valence-electron chi connectivity index (χ0n) is 23.4. The van der Waals surface area contributed by atoms with E-state index in [1.54, 1.807) is 19.1 Å². The summed E-state index contributed by atoms with van der Waals surface area (Å²) in [6, 6.07) is 7.21. The molecule has 1 aliphatic carbocycles. The molecule has 2 unspecified atom stereocenters. The lowest BCUT2D eigenvalue weighted by atomic mass is 9.61. The fourth-order valence-corrected chi connectivity index (χ4v) is 7.33. The topological polar surface area (TPSA) is 152 Å². The van der Waals surface area contributed by atoms with E-state index in [2.05, 4.69) is 0 Å². The highest BCUT2D eigenvalue weighted by Gasteiger charge is 2.55. The van der Waals surface area contributed by atoms with Crippen molar-refractivity contribution in [1.82, 2.24) is 0 Å². The van der Waals surface area contributed by atoms with Crippen molar-refractivity contribution in [2.75, 3.05) is 34.2 Å². The van der Waals surface area contributed by atoms with Gasteiger partial charge in [0.25, 0.3) is 0 Å². The molecule has 0 bridgehead atoms. The Kier molecular flexibility index (Phi) is 6.86. The fourth-order valence-electron chi connectivity index (χ4n) is 7.33. The van der Waals surface area contributed by atoms with E-state index in [0.29, 0.717) is 23.5 Å². The Balaban J connectivity index is 1.32. The zero-order chi connectivity index (χ0) is 29.3. The van der Waals surface area contributed by atoms with Crippen molar-refractivity contribution in [3.8, 4) is 28.7 Å². The van der Waals surface area contributed by atoms with Gasteiger partial charge in [-0.1, -0.05) is 0 Å². The number of fused-ring (bicyclic) bond motifs is 4. The summed E-state index contributed by atoms with van der Waals surface area (Å²) >= 11 is 0. The summed E-state index contributed by atoms with van der Waals surface area (Å²) in [6.45, 7) is 2.21. The van der Waals surface area contributed by atoms with E-state index in [1.165, 1.54) is 14.2 Å². The molecule has 3 N–H and O–H groups in total. The Morgan fingerprint density at radius 3 is 2.29 bits per heavy atom. The van der Waals surface area contributed by atoms with Gasteiger partial charge in [0.1, 0.15) is 24.4 Å². The highest BCUT2D eigenvalue weighted by molar-refractivity contribution is 5.79. The van der Waals surface area contributed by atoms with Crippen molar-refractivity contribution >= 4 is 5.97 Å². The molecule has 2 aromatic rings. The van der Waals surface area contributed by atoms with Crippen LogP contribution in [0.4, 0.5) is 0 Å². The number of aliphatic hydroxyl groups is 2. The SMILES string of the molecule is COc1cc([C@@H]2c3cc4c(cc3[C@@H](C[C@@H]3O[C@@H]5CO[C@@H](C)O[C@H]5[C@H](O)[C@H]3O)C3COC(=O)C32)OCO4)cc(OC)c1O. The maximum absolute atomic E-state index is 13.4. The summed E-state index contributed by atoms with van der Waals surface area (Å²) in [5.74, 6) is -0.590. The molecule has 12 heteroatoms. The Bertz CT molecular complexity index is 1350. The number of rotatable bonds is 5. The van der Waals surface area contributed by atoms with E-state index in [1.807, 2.05) is 12.1 Å².